The van der Waals surface area contributed by atoms with Gasteiger partial charge in [0.25, 0.3) is 0 Å². The molecule has 1 fully saturated rings. The van der Waals surface area contributed by atoms with E-state index in [2.05, 4.69) is 22.2 Å². The summed E-state index contributed by atoms with van der Waals surface area (Å²) in [6.07, 6.45) is 0.349. The van der Waals surface area contributed by atoms with Crippen molar-refractivity contribution in [1.82, 2.24) is 15.1 Å². The zero-order valence-corrected chi connectivity index (χ0v) is 14.4. The maximum atomic E-state index is 12.3. The van der Waals surface area contributed by atoms with Crippen molar-refractivity contribution < 1.29 is 9.59 Å². The molecule has 2 atom stereocenters. The molecule has 0 radical (unpaired) electrons. The number of piperazine rings is 1. The van der Waals surface area contributed by atoms with Gasteiger partial charge in [-0.15, -0.1) is 11.3 Å². The summed E-state index contributed by atoms with van der Waals surface area (Å²) in [6, 6.07) is 3.41. The van der Waals surface area contributed by atoms with Crippen molar-refractivity contribution in [2.45, 2.75) is 32.4 Å². The number of amides is 1. The minimum absolute atomic E-state index is 0.0102. The SMILES string of the molecule is C[C@H](CC(=O)c1cccs1)NC(=O)[C@@H](C)N1CCN(C)CC1. The van der Waals surface area contributed by atoms with Gasteiger partial charge in [-0.1, -0.05) is 6.07 Å². The van der Waals surface area contributed by atoms with Crippen LogP contribution in [-0.2, 0) is 4.79 Å². The number of rotatable bonds is 6. The molecule has 1 aliphatic heterocycles. The van der Waals surface area contributed by atoms with Gasteiger partial charge < -0.3 is 10.2 Å². The van der Waals surface area contributed by atoms with Crippen molar-refractivity contribution in [3.05, 3.63) is 22.4 Å². The van der Waals surface area contributed by atoms with Crippen LogP contribution in [0.25, 0.3) is 0 Å². The van der Waals surface area contributed by atoms with E-state index in [1.54, 1.807) is 0 Å². The Bertz CT molecular complexity index is 495. The Morgan fingerprint density at radius 2 is 1.95 bits per heavy atom. The number of likely N-dealkylation sites (N-methyl/N-ethyl adjacent to an activating group) is 1. The molecule has 1 aliphatic rings. The summed E-state index contributed by atoms with van der Waals surface area (Å²) < 4.78 is 0. The minimum atomic E-state index is -0.145. The Kier molecular flexibility index (Phi) is 6.11. The van der Waals surface area contributed by atoms with Crippen LogP contribution in [0.4, 0.5) is 0 Å². The van der Waals surface area contributed by atoms with Gasteiger partial charge in [-0.3, -0.25) is 14.5 Å². The zero-order valence-electron chi connectivity index (χ0n) is 13.5. The molecule has 0 unspecified atom stereocenters. The number of thiophene rings is 1. The lowest BCUT2D eigenvalue weighted by Gasteiger charge is -2.36. The average Bonchev–Trinajstić information content (AvgIpc) is 3.01. The van der Waals surface area contributed by atoms with Crippen molar-refractivity contribution in [3.8, 4) is 0 Å². The van der Waals surface area contributed by atoms with E-state index < -0.39 is 0 Å². The summed E-state index contributed by atoms with van der Waals surface area (Å²) >= 11 is 1.45. The second-order valence-electron chi connectivity index (χ2n) is 6.03. The van der Waals surface area contributed by atoms with E-state index in [1.807, 2.05) is 31.4 Å². The molecular weight excluding hydrogens is 298 g/mol. The lowest BCUT2D eigenvalue weighted by molar-refractivity contribution is -0.127. The van der Waals surface area contributed by atoms with Gasteiger partial charge in [0.1, 0.15) is 0 Å². The lowest BCUT2D eigenvalue weighted by atomic mass is 10.1. The highest BCUT2D eigenvalue weighted by atomic mass is 32.1. The van der Waals surface area contributed by atoms with Crippen LogP contribution < -0.4 is 5.32 Å². The molecule has 122 valence electrons. The number of nitrogens with zero attached hydrogens (tertiary/aromatic N) is 2. The third-order valence-corrected chi connectivity index (χ3v) is 5.05. The molecule has 6 heteroatoms. The molecule has 0 aliphatic carbocycles. The number of carbonyl (C=O) groups excluding carboxylic acids is 2. The molecule has 22 heavy (non-hydrogen) atoms. The molecule has 0 spiro atoms. The third kappa shape index (κ3) is 4.63. The van der Waals surface area contributed by atoms with Crippen LogP contribution in [0, 0.1) is 0 Å². The van der Waals surface area contributed by atoms with Gasteiger partial charge in [0.05, 0.1) is 10.9 Å². The molecule has 5 nitrogen and oxygen atoms in total. The Morgan fingerprint density at radius 1 is 1.27 bits per heavy atom. The van der Waals surface area contributed by atoms with E-state index >= 15 is 0 Å². The van der Waals surface area contributed by atoms with E-state index in [0.29, 0.717) is 6.42 Å². The van der Waals surface area contributed by atoms with Gasteiger partial charge >= 0.3 is 0 Å². The van der Waals surface area contributed by atoms with Crippen LogP contribution in [0.1, 0.15) is 29.9 Å². The van der Waals surface area contributed by atoms with E-state index in [1.165, 1.54) is 11.3 Å². The van der Waals surface area contributed by atoms with Crippen LogP contribution in [0.3, 0.4) is 0 Å². The first-order valence-corrected chi connectivity index (χ1v) is 8.65. The van der Waals surface area contributed by atoms with Crippen LogP contribution in [0.5, 0.6) is 0 Å². The summed E-state index contributed by atoms with van der Waals surface area (Å²) in [5, 5.41) is 4.87. The Morgan fingerprint density at radius 3 is 2.55 bits per heavy atom. The highest BCUT2D eigenvalue weighted by molar-refractivity contribution is 7.12. The van der Waals surface area contributed by atoms with Gasteiger partial charge in [-0.2, -0.15) is 0 Å². The average molecular weight is 323 g/mol. The smallest absolute Gasteiger partial charge is 0.237 e. The summed E-state index contributed by atoms with van der Waals surface area (Å²) in [5.74, 6) is 0.103. The standard InChI is InChI=1S/C16H25N3O2S/c1-12(11-14(20)15-5-4-10-22-15)17-16(21)13(2)19-8-6-18(3)7-9-19/h4-5,10,12-13H,6-9,11H2,1-3H3,(H,17,21)/t12-,13-/m1/s1. The van der Waals surface area contributed by atoms with Crippen LogP contribution >= 0.6 is 11.3 Å². The number of carbonyl (C=O) groups is 2. The van der Waals surface area contributed by atoms with Gasteiger partial charge in [0.15, 0.2) is 5.78 Å². The molecule has 2 rings (SSSR count). The Balaban J connectivity index is 1.79. The molecule has 0 bridgehead atoms. The zero-order chi connectivity index (χ0) is 16.1. The van der Waals surface area contributed by atoms with E-state index in [-0.39, 0.29) is 23.8 Å². The van der Waals surface area contributed by atoms with Crippen molar-refractivity contribution in [3.63, 3.8) is 0 Å². The number of nitrogens with one attached hydrogen (secondary N) is 1. The van der Waals surface area contributed by atoms with Crippen LogP contribution in [0.2, 0.25) is 0 Å². The third-order valence-electron chi connectivity index (χ3n) is 4.14. The highest BCUT2D eigenvalue weighted by Gasteiger charge is 2.25. The summed E-state index contributed by atoms with van der Waals surface area (Å²) in [5.41, 5.74) is 0. The molecule has 1 aromatic heterocycles. The monoisotopic (exact) mass is 323 g/mol. The first-order valence-electron chi connectivity index (χ1n) is 7.77. The second kappa shape index (κ2) is 7.85. The number of ketones is 1. The molecule has 2 heterocycles. The summed E-state index contributed by atoms with van der Waals surface area (Å²) in [4.78, 5) is 29.6. The summed E-state index contributed by atoms with van der Waals surface area (Å²) in [7, 11) is 2.10. The minimum Gasteiger partial charge on any atom is -0.352 e. The molecule has 1 amide bonds. The largest absolute Gasteiger partial charge is 0.352 e. The van der Waals surface area contributed by atoms with E-state index in [9.17, 15) is 9.59 Å². The second-order valence-corrected chi connectivity index (χ2v) is 6.98. The number of hydrogen-bond donors (Lipinski definition) is 1. The van der Waals surface area contributed by atoms with E-state index in [4.69, 9.17) is 0 Å². The van der Waals surface area contributed by atoms with Crippen LogP contribution in [0.15, 0.2) is 17.5 Å². The fourth-order valence-corrected chi connectivity index (χ4v) is 3.28. The maximum Gasteiger partial charge on any atom is 0.237 e. The Labute approximate surface area is 136 Å². The van der Waals surface area contributed by atoms with Crippen molar-refractivity contribution in [2.75, 3.05) is 33.2 Å². The molecule has 0 aromatic carbocycles. The van der Waals surface area contributed by atoms with Crippen molar-refractivity contribution in [2.24, 2.45) is 0 Å². The first kappa shape index (κ1) is 17.1. The maximum absolute atomic E-state index is 12.3. The van der Waals surface area contributed by atoms with Gasteiger partial charge in [0, 0.05) is 38.6 Å². The van der Waals surface area contributed by atoms with Gasteiger partial charge in [-0.05, 0) is 32.3 Å². The topological polar surface area (TPSA) is 52.7 Å². The fourth-order valence-electron chi connectivity index (χ4n) is 2.61. The predicted molar refractivity (Wildman–Crippen MR) is 89.4 cm³/mol. The van der Waals surface area contributed by atoms with Crippen molar-refractivity contribution in [1.29, 1.82) is 0 Å². The molecule has 0 saturated carbocycles. The van der Waals surface area contributed by atoms with Gasteiger partial charge in [0.2, 0.25) is 5.91 Å². The lowest BCUT2D eigenvalue weighted by Crippen LogP contribution is -2.54. The molecule has 1 N–H and O–H groups in total. The molecule has 1 saturated heterocycles. The van der Waals surface area contributed by atoms with E-state index in [0.717, 1.165) is 31.1 Å². The first-order chi connectivity index (χ1) is 10.5. The molecule has 1 aromatic rings. The summed E-state index contributed by atoms with van der Waals surface area (Å²) in [6.45, 7) is 7.63. The van der Waals surface area contributed by atoms with Crippen molar-refractivity contribution >= 4 is 23.0 Å². The Hall–Kier alpha value is -1.24. The molecular formula is C16H25N3O2S. The number of hydrogen-bond acceptors (Lipinski definition) is 5. The highest BCUT2D eigenvalue weighted by Crippen LogP contribution is 2.12. The number of Topliss-reactive ketones (excluding diaryl/α,β-unsaturated/α-hetero) is 1. The predicted octanol–water partition coefficient (Wildman–Crippen LogP) is 1.46. The van der Waals surface area contributed by atoms with Gasteiger partial charge in [-0.25, -0.2) is 0 Å². The quantitative estimate of drug-likeness (QED) is 0.806. The normalized spacial score (nSPS) is 19.6. The van der Waals surface area contributed by atoms with Crippen LogP contribution in [-0.4, -0.2) is 66.8 Å². The fraction of sp³-hybridized carbons (Fsp3) is 0.625.